The normalized spacial score (nSPS) is 20.4. The van der Waals surface area contributed by atoms with Gasteiger partial charge in [-0.15, -0.1) is 0 Å². The van der Waals surface area contributed by atoms with Crippen molar-refractivity contribution in [2.75, 3.05) is 19.8 Å². The van der Waals surface area contributed by atoms with Gasteiger partial charge in [0.05, 0.1) is 25.4 Å². The highest BCUT2D eigenvalue weighted by atomic mass is 16.5. The Bertz CT molecular complexity index is 558. The molecule has 1 fully saturated rings. The van der Waals surface area contributed by atoms with Crippen LogP contribution in [0.2, 0.25) is 0 Å². The van der Waals surface area contributed by atoms with Gasteiger partial charge in [0, 0.05) is 6.61 Å². The Labute approximate surface area is 119 Å². The van der Waals surface area contributed by atoms with E-state index in [1.807, 2.05) is 12.1 Å². The summed E-state index contributed by atoms with van der Waals surface area (Å²) in [6.45, 7) is 2.05. The number of hydrogen-bond donors (Lipinski definition) is 1. The van der Waals surface area contributed by atoms with E-state index in [1.54, 1.807) is 0 Å². The minimum atomic E-state index is -0.0949. The first-order valence-corrected chi connectivity index (χ1v) is 7.27. The fourth-order valence-electron chi connectivity index (χ4n) is 2.77. The fraction of sp³-hybridized carbons (Fsp3) is 0.412. The molecule has 3 rings (SSSR count). The molecule has 2 aromatic rings. The van der Waals surface area contributed by atoms with Crippen molar-refractivity contribution in [2.45, 2.75) is 25.0 Å². The molecular weight excluding hydrogens is 250 g/mol. The summed E-state index contributed by atoms with van der Waals surface area (Å²) in [6.07, 6.45) is 2.50. The Balaban J connectivity index is 1.64. The molecule has 2 N–H and O–H groups in total. The Hall–Kier alpha value is -1.42. The molecule has 20 heavy (non-hydrogen) atoms. The Kier molecular flexibility index (Phi) is 4.31. The number of fused-ring (bicyclic) bond motifs is 1. The lowest BCUT2D eigenvalue weighted by Gasteiger charge is -2.16. The summed E-state index contributed by atoms with van der Waals surface area (Å²) in [5.41, 5.74) is 7.43. The zero-order valence-electron chi connectivity index (χ0n) is 11.6. The van der Waals surface area contributed by atoms with Gasteiger partial charge in [0.2, 0.25) is 0 Å². The molecular formula is C17H21NO2. The predicted molar refractivity (Wildman–Crippen MR) is 80.7 cm³/mol. The fourth-order valence-corrected chi connectivity index (χ4v) is 2.77. The molecule has 2 aromatic carbocycles. The summed E-state index contributed by atoms with van der Waals surface area (Å²) in [6, 6.07) is 14.5. The smallest absolute Gasteiger partial charge is 0.0809 e. The van der Waals surface area contributed by atoms with Gasteiger partial charge in [-0.1, -0.05) is 42.5 Å². The maximum Gasteiger partial charge on any atom is 0.0809 e. The summed E-state index contributed by atoms with van der Waals surface area (Å²) in [7, 11) is 0. The van der Waals surface area contributed by atoms with E-state index >= 15 is 0 Å². The molecule has 0 bridgehead atoms. The van der Waals surface area contributed by atoms with Gasteiger partial charge in [-0.25, -0.2) is 0 Å². The van der Waals surface area contributed by atoms with Crippen molar-refractivity contribution in [3.8, 4) is 0 Å². The molecule has 3 heteroatoms. The maximum atomic E-state index is 6.28. The van der Waals surface area contributed by atoms with Gasteiger partial charge in [-0.05, 0) is 29.2 Å². The van der Waals surface area contributed by atoms with Crippen LogP contribution in [0.5, 0.6) is 0 Å². The van der Waals surface area contributed by atoms with Gasteiger partial charge >= 0.3 is 0 Å². The minimum Gasteiger partial charge on any atom is -0.377 e. The average Bonchev–Trinajstić information content (AvgIpc) is 3.00. The number of ether oxygens (including phenoxy) is 2. The van der Waals surface area contributed by atoms with E-state index in [0.717, 1.165) is 25.0 Å². The van der Waals surface area contributed by atoms with Gasteiger partial charge in [-0.3, -0.25) is 0 Å². The van der Waals surface area contributed by atoms with Crippen LogP contribution in [0.15, 0.2) is 42.5 Å². The highest BCUT2D eigenvalue weighted by Gasteiger charge is 2.16. The van der Waals surface area contributed by atoms with Gasteiger partial charge in [-0.2, -0.15) is 0 Å². The monoisotopic (exact) mass is 271 g/mol. The molecule has 106 valence electrons. The third-order valence-electron chi connectivity index (χ3n) is 3.85. The highest BCUT2D eigenvalue weighted by molar-refractivity contribution is 5.86. The Morgan fingerprint density at radius 1 is 1.20 bits per heavy atom. The first-order chi connectivity index (χ1) is 9.84. The zero-order chi connectivity index (χ0) is 13.8. The maximum absolute atomic E-state index is 6.28. The first-order valence-electron chi connectivity index (χ1n) is 7.27. The summed E-state index contributed by atoms with van der Waals surface area (Å²) in [4.78, 5) is 0. The second-order valence-electron chi connectivity index (χ2n) is 5.35. The molecule has 2 atom stereocenters. The topological polar surface area (TPSA) is 44.5 Å². The van der Waals surface area contributed by atoms with Crippen LogP contribution < -0.4 is 5.73 Å². The second kappa shape index (κ2) is 6.35. The lowest BCUT2D eigenvalue weighted by Crippen LogP contribution is -2.21. The van der Waals surface area contributed by atoms with E-state index < -0.39 is 0 Å². The van der Waals surface area contributed by atoms with Crippen molar-refractivity contribution in [2.24, 2.45) is 5.73 Å². The summed E-state index contributed by atoms with van der Waals surface area (Å²) in [5.74, 6) is 0. The average molecular weight is 271 g/mol. The first kappa shape index (κ1) is 13.6. The molecule has 1 aliphatic rings. The van der Waals surface area contributed by atoms with Crippen molar-refractivity contribution in [3.63, 3.8) is 0 Å². The minimum absolute atomic E-state index is 0.0949. The lowest BCUT2D eigenvalue weighted by molar-refractivity contribution is 0.0130. The summed E-state index contributed by atoms with van der Waals surface area (Å²) in [5, 5.41) is 2.43. The predicted octanol–water partition coefficient (Wildman–Crippen LogP) is 3.04. The van der Waals surface area contributed by atoms with Crippen LogP contribution in [-0.4, -0.2) is 25.9 Å². The third kappa shape index (κ3) is 3.01. The molecule has 2 unspecified atom stereocenters. The van der Waals surface area contributed by atoms with E-state index in [4.69, 9.17) is 15.2 Å². The van der Waals surface area contributed by atoms with Crippen LogP contribution in [0.4, 0.5) is 0 Å². The van der Waals surface area contributed by atoms with Crippen molar-refractivity contribution in [3.05, 3.63) is 48.0 Å². The van der Waals surface area contributed by atoms with Gasteiger partial charge < -0.3 is 15.2 Å². The van der Waals surface area contributed by atoms with Crippen LogP contribution in [0.3, 0.4) is 0 Å². The van der Waals surface area contributed by atoms with Crippen LogP contribution >= 0.6 is 0 Å². The van der Waals surface area contributed by atoms with E-state index in [9.17, 15) is 0 Å². The molecule has 0 radical (unpaired) electrons. The Morgan fingerprint density at radius 2 is 2.05 bits per heavy atom. The summed E-state index contributed by atoms with van der Waals surface area (Å²) < 4.78 is 11.3. The van der Waals surface area contributed by atoms with E-state index in [2.05, 4.69) is 30.3 Å². The van der Waals surface area contributed by atoms with E-state index in [1.165, 1.54) is 10.8 Å². The van der Waals surface area contributed by atoms with Crippen LogP contribution in [0.1, 0.15) is 24.4 Å². The number of hydrogen-bond acceptors (Lipinski definition) is 3. The van der Waals surface area contributed by atoms with Crippen molar-refractivity contribution in [1.82, 2.24) is 0 Å². The molecule has 0 spiro atoms. The molecule has 0 aliphatic carbocycles. The number of rotatable bonds is 5. The van der Waals surface area contributed by atoms with E-state index in [-0.39, 0.29) is 12.1 Å². The Morgan fingerprint density at radius 3 is 2.90 bits per heavy atom. The molecule has 0 saturated carbocycles. The zero-order valence-corrected chi connectivity index (χ0v) is 11.6. The van der Waals surface area contributed by atoms with Crippen LogP contribution in [-0.2, 0) is 9.47 Å². The van der Waals surface area contributed by atoms with Crippen LogP contribution in [0.25, 0.3) is 10.8 Å². The van der Waals surface area contributed by atoms with E-state index in [0.29, 0.717) is 13.2 Å². The molecule has 0 amide bonds. The molecule has 1 aliphatic heterocycles. The van der Waals surface area contributed by atoms with Gasteiger partial charge in [0.15, 0.2) is 0 Å². The van der Waals surface area contributed by atoms with Crippen LogP contribution in [0, 0.1) is 0 Å². The number of benzene rings is 2. The second-order valence-corrected chi connectivity index (χ2v) is 5.35. The quantitative estimate of drug-likeness (QED) is 0.909. The molecule has 1 saturated heterocycles. The standard InChI is InChI=1S/C17H21NO2/c18-17(12-19-11-14-7-4-10-20-14)16-9-3-6-13-5-1-2-8-15(13)16/h1-3,5-6,8-9,14,17H,4,7,10-12,18H2. The molecule has 1 heterocycles. The van der Waals surface area contributed by atoms with Gasteiger partial charge in [0.25, 0.3) is 0 Å². The third-order valence-corrected chi connectivity index (χ3v) is 3.85. The van der Waals surface area contributed by atoms with Gasteiger partial charge in [0.1, 0.15) is 0 Å². The lowest BCUT2D eigenvalue weighted by atomic mass is 10.00. The molecule has 3 nitrogen and oxygen atoms in total. The summed E-state index contributed by atoms with van der Waals surface area (Å²) >= 11 is 0. The highest BCUT2D eigenvalue weighted by Crippen LogP contribution is 2.23. The number of nitrogens with two attached hydrogens (primary N) is 1. The van der Waals surface area contributed by atoms with Crippen molar-refractivity contribution in [1.29, 1.82) is 0 Å². The largest absolute Gasteiger partial charge is 0.377 e. The molecule has 0 aromatic heterocycles. The SMILES string of the molecule is NC(COCC1CCCO1)c1cccc2ccccc12. The van der Waals surface area contributed by atoms with Crippen molar-refractivity contribution >= 4 is 10.8 Å². The van der Waals surface area contributed by atoms with Crippen molar-refractivity contribution < 1.29 is 9.47 Å².